The topological polar surface area (TPSA) is 92.3 Å². The molecule has 0 aromatic carbocycles. The fourth-order valence-corrected chi connectivity index (χ4v) is 3.42. The predicted octanol–water partition coefficient (Wildman–Crippen LogP) is 1.95. The number of likely N-dealkylation sites (tertiary alicyclic amines) is 1. The number of nitrogens with one attached hydrogen (secondary N) is 2. The number of methoxy groups -OCH3 is 1. The molecule has 8 heteroatoms. The van der Waals surface area contributed by atoms with Crippen LogP contribution >= 0.6 is 0 Å². The van der Waals surface area contributed by atoms with Crippen molar-refractivity contribution in [1.29, 1.82) is 0 Å². The smallest absolute Gasteiger partial charge is 0.234 e. The van der Waals surface area contributed by atoms with Crippen LogP contribution in [-0.2, 0) is 9.53 Å². The van der Waals surface area contributed by atoms with Gasteiger partial charge in [0.2, 0.25) is 11.9 Å². The molecule has 2 aromatic heterocycles. The lowest BCUT2D eigenvalue weighted by atomic mass is 9.93. The monoisotopic (exact) mass is 384 g/mol. The summed E-state index contributed by atoms with van der Waals surface area (Å²) < 4.78 is 5.05. The first-order valence-corrected chi connectivity index (χ1v) is 9.64. The quantitative estimate of drug-likeness (QED) is 0.718. The number of carbonyl (C=O) groups excluding carboxylic acids is 1. The number of hydrogen-bond donors (Lipinski definition) is 2. The van der Waals surface area contributed by atoms with Crippen molar-refractivity contribution in [2.45, 2.75) is 31.7 Å². The summed E-state index contributed by atoms with van der Waals surface area (Å²) in [5, 5.41) is 6.10. The van der Waals surface area contributed by atoms with E-state index < -0.39 is 0 Å². The van der Waals surface area contributed by atoms with E-state index in [-0.39, 0.29) is 11.9 Å². The van der Waals surface area contributed by atoms with Crippen molar-refractivity contribution >= 4 is 17.5 Å². The zero-order valence-corrected chi connectivity index (χ0v) is 16.5. The number of amides is 1. The van der Waals surface area contributed by atoms with Crippen molar-refractivity contribution in [3.63, 3.8) is 0 Å². The highest BCUT2D eigenvalue weighted by molar-refractivity contribution is 5.78. The van der Waals surface area contributed by atoms with E-state index in [1.165, 1.54) is 0 Å². The second kappa shape index (κ2) is 10.1. The largest absolute Gasteiger partial charge is 0.383 e. The van der Waals surface area contributed by atoms with Gasteiger partial charge in [0.1, 0.15) is 0 Å². The van der Waals surface area contributed by atoms with Crippen LogP contribution in [0.3, 0.4) is 0 Å². The highest BCUT2D eigenvalue weighted by Crippen LogP contribution is 2.27. The Bertz CT molecular complexity index is 732. The van der Waals surface area contributed by atoms with Crippen LogP contribution in [0.25, 0.3) is 0 Å². The van der Waals surface area contributed by atoms with Gasteiger partial charge >= 0.3 is 0 Å². The van der Waals surface area contributed by atoms with E-state index in [1.54, 1.807) is 25.6 Å². The summed E-state index contributed by atoms with van der Waals surface area (Å²) in [7, 11) is 1.64. The van der Waals surface area contributed by atoms with Gasteiger partial charge in [-0.15, -0.1) is 0 Å². The van der Waals surface area contributed by atoms with Crippen LogP contribution in [0.5, 0.6) is 0 Å². The van der Waals surface area contributed by atoms with E-state index in [9.17, 15) is 4.79 Å². The Morgan fingerprint density at radius 2 is 2.00 bits per heavy atom. The molecule has 0 saturated carbocycles. The molecule has 1 amide bonds. The molecular weight excluding hydrogens is 356 g/mol. The molecular formula is C20H28N6O2. The van der Waals surface area contributed by atoms with Gasteiger partial charge in [-0.3, -0.25) is 14.7 Å². The Kier molecular flexibility index (Phi) is 7.27. The zero-order chi connectivity index (χ0) is 19.8. The molecule has 28 heavy (non-hydrogen) atoms. The molecule has 1 saturated heterocycles. The molecule has 2 aromatic rings. The molecule has 0 radical (unpaired) electrons. The standard InChI is InChI=1S/C20H28N6O2/c1-15(14-28-2)24-19(27)13-26-10-6-16(7-11-26)18-5-4-17(12-23-18)25-20-21-8-3-9-22-20/h3-5,8-9,12,15-16H,6-7,10-11,13-14H2,1-2H3,(H,24,27)(H,21,22,25)/t15-/m1/s1. The molecule has 2 N–H and O–H groups in total. The van der Waals surface area contributed by atoms with Crippen LogP contribution in [0.1, 0.15) is 31.4 Å². The van der Waals surface area contributed by atoms with Gasteiger partial charge in [0.25, 0.3) is 0 Å². The summed E-state index contributed by atoms with van der Waals surface area (Å²) in [6.45, 7) is 4.71. The van der Waals surface area contributed by atoms with Crippen molar-refractivity contribution in [3.8, 4) is 0 Å². The molecule has 0 spiro atoms. The average molecular weight is 384 g/mol. The first kappa shape index (κ1) is 20.2. The van der Waals surface area contributed by atoms with Gasteiger partial charge < -0.3 is 15.4 Å². The summed E-state index contributed by atoms with van der Waals surface area (Å²) in [4.78, 5) is 27.2. The first-order chi connectivity index (χ1) is 13.6. The van der Waals surface area contributed by atoms with Crippen LogP contribution in [0, 0.1) is 0 Å². The number of pyridine rings is 1. The van der Waals surface area contributed by atoms with E-state index in [0.29, 0.717) is 25.0 Å². The van der Waals surface area contributed by atoms with Gasteiger partial charge in [-0.25, -0.2) is 9.97 Å². The maximum atomic E-state index is 12.1. The number of rotatable bonds is 8. The van der Waals surface area contributed by atoms with E-state index >= 15 is 0 Å². The summed E-state index contributed by atoms with van der Waals surface area (Å²) >= 11 is 0. The number of aromatic nitrogens is 3. The van der Waals surface area contributed by atoms with E-state index in [4.69, 9.17) is 4.74 Å². The Morgan fingerprint density at radius 3 is 2.64 bits per heavy atom. The molecule has 3 rings (SSSR count). The molecule has 0 aliphatic carbocycles. The number of nitrogens with zero attached hydrogens (tertiary/aromatic N) is 4. The molecule has 1 aliphatic rings. The third kappa shape index (κ3) is 5.97. The molecule has 150 valence electrons. The Hall–Kier alpha value is -2.58. The molecule has 1 aliphatic heterocycles. The van der Waals surface area contributed by atoms with Gasteiger partial charge in [0.15, 0.2) is 0 Å². The molecule has 1 atom stereocenters. The molecule has 0 unspecified atom stereocenters. The number of piperidine rings is 1. The summed E-state index contributed by atoms with van der Waals surface area (Å²) in [6, 6.07) is 5.89. The Balaban J connectivity index is 1.45. The second-order valence-electron chi connectivity index (χ2n) is 7.14. The molecule has 3 heterocycles. The van der Waals surface area contributed by atoms with Crippen LogP contribution in [-0.4, -0.2) is 65.2 Å². The van der Waals surface area contributed by atoms with Crippen molar-refractivity contribution in [2.24, 2.45) is 0 Å². The lowest BCUT2D eigenvalue weighted by Gasteiger charge is -2.31. The minimum atomic E-state index is 0.0349. The molecule has 8 nitrogen and oxygen atoms in total. The number of anilines is 2. The lowest BCUT2D eigenvalue weighted by Crippen LogP contribution is -2.44. The van der Waals surface area contributed by atoms with E-state index in [2.05, 4.69) is 36.6 Å². The normalized spacial score (nSPS) is 16.5. The van der Waals surface area contributed by atoms with E-state index in [1.807, 2.05) is 19.2 Å². The maximum Gasteiger partial charge on any atom is 0.234 e. The average Bonchev–Trinajstić information content (AvgIpc) is 2.70. The summed E-state index contributed by atoms with van der Waals surface area (Å²) in [5.74, 6) is 1.04. The fraction of sp³-hybridized carbons (Fsp3) is 0.500. The van der Waals surface area contributed by atoms with Gasteiger partial charge in [-0.2, -0.15) is 0 Å². The molecule has 0 bridgehead atoms. The summed E-state index contributed by atoms with van der Waals surface area (Å²) in [6.07, 6.45) is 7.22. The number of hydrogen-bond acceptors (Lipinski definition) is 7. The van der Waals surface area contributed by atoms with Gasteiger partial charge in [-0.05, 0) is 51.1 Å². The number of carbonyl (C=O) groups is 1. The molecule has 1 fully saturated rings. The van der Waals surface area contributed by atoms with Gasteiger partial charge in [0.05, 0.1) is 25.0 Å². The third-order valence-corrected chi connectivity index (χ3v) is 4.81. The van der Waals surface area contributed by atoms with Gasteiger partial charge in [-0.1, -0.05) is 0 Å². The van der Waals surface area contributed by atoms with Crippen molar-refractivity contribution in [1.82, 2.24) is 25.2 Å². The highest BCUT2D eigenvalue weighted by atomic mass is 16.5. The van der Waals surface area contributed by atoms with E-state index in [0.717, 1.165) is 37.3 Å². The van der Waals surface area contributed by atoms with Crippen molar-refractivity contribution in [3.05, 3.63) is 42.5 Å². The second-order valence-corrected chi connectivity index (χ2v) is 7.14. The lowest BCUT2D eigenvalue weighted by molar-refractivity contribution is -0.123. The highest BCUT2D eigenvalue weighted by Gasteiger charge is 2.23. The minimum Gasteiger partial charge on any atom is -0.383 e. The van der Waals surface area contributed by atoms with Crippen molar-refractivity contribution < 1.29 is 9.53 Å². The van der Waals surface area contributed by atoms with Gasteiger partial charge in [0, 0.05) is 37.2 Å². The number of ether oxygens (including phenoxy) is 1. The minimum absolute atomic E-state index is 0.0349. The predicted molar refractivity (Wildman–Crippen MR) is 107 cm³/mol. The van der Waals surface area contributed by atoms with Crippen LogP contribution in [0.15, 0.2) is 36.8 Å². The van der Waals surface area contributed by atoms with Crippen molar-refractivity contribution in [2.75, 3.05) is 38.7 Å². The third-order valence-electron chi connectivity index (χ3n) is 4.81. The van der Waals surface area contributed by atoms with Crippen LogP contribution < -0.4 is 10.6 Å². The zero-order valence-electron chi connectivity index (χ0n) is 16.5. The van der Waals surface area contributed by atoms with Crippen LogP contribution in [0.2, 0.25) is 0 Å². The summed E-state index contributed by atoms with van der Waals surface area (Å²) in [5.41, 5.74) is 1.96. The maximum absolute atomic E-state index is 12.1. The van der Waals surface area contributed by atoms with Crippen LogP contribution in [0.4, 0.5) is 11.6 Å². The Morgan fingerprint density at radius 1 is 1.25 bits per heavy atom. The first-order valence-electron chi connectivity index (χ1n) is 9.64. The Labute approximate surface area is 165 Å². The SMILES string of the molecule is COC[C@@H](C)NC(=O)CN1CCC(c2ccc(Nc3ncccn3)cn2)CC1. The fourth-order valence-electron chi connectivity index (χ4n) is 3.42.